The van der Waals surface area contributed by atoms with Gasteiger partial charge in [-0.05, 0) is 7.05 Å². The molecule has 0 amide bonds. The van der Waals surface area contributed by atoms with Crippen LogP contribution in [0.15, 0.2) is 12.3 Å². The summed E-state index contributed by atoms with van der Waals surface area (Å²) in [5, 5.41) is -0.0494. The Morgan fingerprint density at radius 1 is 1.32 bits per heavy atom. The van der Waals surface area contributed by atoms with Crippen molar-refractivity contribution in [3.8, 4) is 11.5 Å². The van der Waals surface area contributed by atoms with E-state index in [1.807, 2.05) is 7.05 Å². The summed E-state index contributed by atoms with van der Waals surface area (Å²) in [4.78, 5) is 6.40. The van der Waals surface area contributed by atoms with E-state index in [2.05, 4.69) is 9.88 Å². The number of ether oxygens (including phenoxy) is 3. The van der Waals surface area contributed by atoms with Gasteiger partial charge in [0.15, 0.2) is 11.5 Å². The Morgan fingerprint density at radius 3 is 2.63 bits per heavy atom. The van der Waals surface area contributed by atoms with E-state index in [0.29, 0.717) is 31.2 Å². The largest absolute Gasteiger partial charge is 0.493 e. The number of methoxy groups -OCH3 is 3. The van der Waals surface area contributed by atoms with Crippen LogP contribution in [-0.2, 0) is 11.3 Å². The zero-order chi connectivity index (χ0) is 14.3. The minimum Gasteiger partial charge on any atom is -0.493 e. The molecule has 0 radical (unpaired) electrons. The minimum atomic E-state index is -0.0494. The summed E-state index contributed by atoms with van der Waals surface area (Å²) in [6.07, 6.45) is 1.71. The van der Waals surface area contributed by atoms with Crippen molar-refractivity contribution in [2.45, 2.75) is 11.9 Å². The molecule has 6 heteroatoms. The lowest BCUT2D eigenvalue weighted by Crippen LogP contribution is -2.28. The molecule has 0 aliphatic carbocycles. The number of rotatable bonds is 8. The van der Waals surface area contributed by atoms with E-state index in [9.17, 15) is 0 Å². The number of halogens is 1. The normalized spacial score (nSPS) is 12.5. The van der Waals surface area contributed by atoms with Gasteiger partial charge in [-0.1, -0.05) is 0 Å². The van der Waals surface area contributed by atoms with E-state index in [0.717, 1.165) is 5.69 Å². The third kappa shape index (κ3) is 4.86. The van der Waals surface area contributed by atoms with E-state index in [4.69, 9.17) is 25.8 Å². The van der Waals surface area contributed by atoms with Crippen LogP contribution in [0, 0.1) is 0 Å². The van der Waals surface area contributed by atoms with Crippen molar-refractivity contribution in [3.05, 3.63) is 18.0 Å². The van der Waals surface area contributed by atoms with Crippen LogP contribution < -0.4 is 9.47 Å². The van der Waals surface area contributed by atoms with Crippen molar-refractivity contribution in [2.75, 3.05) is 41.5 Å². The molecular formula is C13H21ClN2O3. The molecule has 1 rings (SSSR count). The lowest BCUT2D eigenvalue weighted by atomic mass is 10.2. The topological polar surface area (TPSA) is 43.8 Å². The van der Waals surface area contributed by atoms with Crippen LogP contribution in [0.2, 0.25) is 0 Å². The molecule has 0 saturated carbocycles. The second-order valence-electron chi connectivity index (χ2n) is 4.24. The van der Waals surface area contributed by atoms with Gasteiger partial charge in [-0.25, -0.2) is 0 Å². The van der Waals surface area contributed by atoms with Crippen molar-refractivity contribution in [2.24, 2.45) is 0 Å². The molecule has 1 heterocycles. The van der Waals surface area contributed by atoms with E-state index in [1.54, 1.807) is 33.6 Å². The standard InChI is InChI=1S/C13H21ClN2O3/c1-16(7-10(14)9-17-2)8-11-13(19-4)12(18-3)5-6-15-11/h5-6,10H,7-9H2,1-4H3. The van der Waals surface area contributed by atoms with Crippen LogP contribution in [0.1, 0.15) is 5.69 Å². The van der Waals surface area contributed by atoms with Crippen molar-refractivity contribution >= 4 is 11.6 Å². The Balaban J connectivity index is 2.70. The first-order valence-electron chi connectivity index (χ1n) is 5.99. The van der Waals surface area contributed by atoms with Gasteiger partial charge >= 0.3 is 0 Å². The maximum Gasteiger partial charge on any atom is 0.183 e. The number of hydrogen-bond donors (Lipinski definition) is 0. The highest BCUT2D eigenvalue weighted by Gasteiger charge is 2.15. The molecule has 0 saturated heterocycles. The summed E-state index contributed by atoms with van der Waals surface area (Å²) in [5.41, 5.74) is 0.825. The molecule has 5 nitrogen and oxygen atoms in total. The summed E-state index contributed by atoms with van der Waals surface area (Å²) in [6.45, 7) is 1.86. The average molecular weight is 289 g/mol. The molecule has 0 bridgehead atoms. The summed E-state index contributed by atoms with van der Waals surface area (Å²) < 4.78 is 15.6. The first kappa shape index (κ1) is 16.0. The van der Waals surface area contributed by atoms with Crippen molar-refractivity contribution in [3.63, 3.8) is 0 Å². The zero-order valence-electron chi connectivity index (χ0n) is 11.9. The fourth-order valence-electron chi connectivity index (χ4n) is 1.86. The van der Waals surface area contributed by atoms with Gasteiger partial charge in [0.05, 0.1) is 26.2 Å². The van der Waals surface area contributed by atoms with Gasteiger partial charge in [-0.2, -0.15) is 0 Å². The number of hydrogen-bond acceptors (Lipinski definition) is 5. The van der Waals surface area contributed by atoms with Gasteiger partial charge in [-0.3, -0.25) is 9.88 Å². The predicted molar refractivity (Wildman–Crippen MR) is 75.2 cm³/mol. The lowest BCUT2D eigenvalue weighted by Gasteiger charge is -2.20. The van der Waals surface area contributed by atoms with Crippen LogP contribution in [0.3, 0.4) is 0 Å². The van der Waals surface area contributed by atoms with Gasteiger partial charge in [0.25, 0.3) is 0 Å². The minimum absolute atomic E-state index is 0.0494. The number of alkyl halides is 1. The molecular weight excluding hydrogens is 268 g/mol. The van der Waals surface area contributed by atoms with Crippen molar-refractivity contribution in [1.29, 1.82) is 0 Å². The smallest absolute Gasteiger partial charge is 0.183 e. The number of aromatic nitrogens is 1. The number of pyridine rings is 1. The summed E-state index contributed by atoms with van der Waals surface area (Å²) in [6, 6.07) is 1.78. The van der Waals surface area contributed by atoms with E-state index < -0.39 is 0 Å². The Hall–Kier alpha value is -1.04. The van der Waals surface area contributed by atoms with Crippen LogP contribution >= 0.6 is 11.6 Å². The third-order valence-corrected chi connectivity index (χ3v) is 2.91. The Morgan fingerprint density at radius 2 is 2.05 bits per heavy atom. The van der Waals surface area contributed by atoms with Crippen LogP contribution in [0.25, 0.3) is 0 Å². The predicted octanol–water partition coefficient (Wildman–Crippen LogP) is 1.78. The summed E-state index contributed by atoms with van der Waals surface area (Å²) in [5.74, 6) is 1.34. The summed E-state index contributed by atoms with van der Waals surface area (Å²) in [7, 11) is 6.84. The molecule has 0 aromatic carbocycles. The molecule has 1 unspecified atom stereocenters. The van der Waals surface area contributed by atoms with E-state index in [1.165, 1.54) is 0 Å². The van der Waals surface area contributed by atoms with Crippen molar-refractivity contribution < 1.29 is 14.2 Å². The fourth-order valence-corrected chi connectivity index (χ4v) is 2.22. The van der Waals surface area contributed by atoms with Gasteiger partial charge in [0, 0.05) is 32.5 Å². The van der Waals surface area contributed by atoms with Gasteiger partial charge in [0.2, 0.25) is 0 Å². The first-order chi connectivity index (χ1) is 9.12. The molecule has 0 N–H and O–H groups in total. The van der Waals surface area contributed by atoms with Gasteiger partial charge in [0.1, 0.15) is 5.69 Å². The van der Waals surface area contributed by atoms with Gasteiger partial charge < -0.3 is 14.2 Å². The maximum atomic E-state index is 6.13. The highest BCUT2D eigenvalue weighted by Crippen LogP contribution is 2.29. The average Bonchev–Trinajstić information content (AvgIpc) is 2.38. The number of nitrogens with zero attached hydrogens (tertiary/aromatic N) is 2. The third-order valence-electron chi connectivity index (χ3n) is 2.64. The Labute approximate surface area is 119 Å². The SMILES string of the molecule is COCC(Cl)CN(C)Cc1nccc(OC)c1OC. The monoisotopic (exact) mass is 288 g/mol. The molecule has 0 aliphatic rings. The molecule has 19 heavy (non-hydrogen) atoms. The first-order valence-corrected chi connectivity index (χ1v) is 6.43. The Bertz CT molecular complexity index is 390. The molecule has 1 aromatic heterocycles. The molecule has 0 spiro atoms. The summed E-state index contributed by atoms with van der Waals surface area (Å²) >= 11 is 6.13. The van der Waals surface area contributed by atoms with Gasteiger partial charge in [-0.15, -0.1) is 11.6 Å². The van der Waals surface area contributed by atoms with E-state index >= 15 is 0 Å². The lowest BCUT2D eigenvalue weighted by molar-refractivity contribution is 0.180. The van der Waals surface area contributed by atoms with Crippen LogP contribution in [-0.4, -0.2) is 56.8 Å². The van der Waals surface area contributed by atoms with Crippen molar-refractivity contribution in [1.82, 2.24) is 9.88 Å². The Kier molecular flexibility index (Phi) is 6.91. The fraction of sp³-hybridized carbons (Fsp3) is 0.615. The molecule has 1 aromatic rings. The quantitative estimate of drug-likeness (QED) is 0.682. The molecule has 0 aliphatic heterocycles. The van der Waals surface area contributed by atoms with Crippen LogP contribution in [0.4, 0.5) is 0 Å². The highest BCUT2D eigenvalue weighted by atomic mass is 35.5. The highest BCUT2D eigenvalue weighted by molar-refractivity contribution is 6.20. The molecule has 1 atom stereocenters. The molecule has 108 valence electrons. The molecule has 0 fully saturated rings. The maximum absolute atomic E-state index is 6.13. The second-order valence-corrected chi connectivity index (χ2v) is 4.86. The zero-order valence-corrected chi connectivity index (χ0v) is 12.6. The van der Waals surface area contributed by atoms with E-state index in [-0.39, 0.29) is 5.38 Å². The second kappa shape index (κ2) is 8.19. The van der Waals surface area contributed by atoms with Crippen LogP contribution in [0.5, 0.6) is 11.5 Å².